The highest BCUT2D eigenvalue weighted by molar-refractivity contribution is 6.51. The molecule has 19 heavy (non-hydrogen) atoms. The lowest BCUT2D eigenvalue weighted by atomic mass is 10.1. The molecule has 0 aliphatic heterocycles. The molecule has 0 saturated carbocycles. The maximum Gasteiger partial charge on any atom is 0.118 e. The van der Waals surface area contributed by atoms with Crippen LogP contribution in [0.15, 0.2) is 48.5 Å². The number of halogens is 1. The highest BCUT2D eigenvalue weighted by atomic mass is 35.5. The van der Waals surface area contributed by atoms with Gasteiger partial charge in [0.15, 0.2) is 0 Å². The average molecular weight is 273 g/mol. The van der Waals surface area contributed by atoms with Crippen LogP contribution in [0.1, 0.15) is 23.6 Å². The highest BCUT2D eigenvalue weighted by Gasteiger charge is 1.99. The van der Waals surface area contributed by atoms with Gasteiger partial charge in [0.25, 0.3) is 0 Å². The maximum atomic E-state index is 6.33. The Hall–Kier alpha value is -1.73. The normalized spacial score (nSPS) is 11.4. The predicted molar refractivity (Wildman–Crippen MR) is 82.5 cm³/mol. The lowest BCUT2D eigenvalue weighted by Gasteiger charge is -2.03. The number of aryl methyl sites for hydroxylation is 1. The minimum Gasteiger partial charge on any atom is -0.497 e. The minimum absolute atomic E-state index is 0.729. The summed E-state index contributed by atoms with van der Waals surface area (Å²) in [7, 11) is 1.65. The number of rotatable bonds is 4. The molecule has 0 fully saturated rings. The Labute approximate surface area is 119 Å². The van der Waals surface area contributed by atoms with Crippen LogP contribution in [-0.4, -0.2) is 7.11 Å². The van der Waals surface area contributed by atoms with Crippen LogP contribution in [0.5, 0.6) is 5.75 Å². The maximum absolute atomic E-state index is 6.33. The summed E-state index contributed by atoms with van der Waals surface area (Å²) in [5.41, 5.74) is 3.43. The number of hydrogen-bond acceptors (Lipinski definition) is 1. The van der Waals surface area contributed by atoms with Crippen LogP contribution in [0, 0.1) is 0 Å². The minimum atomic E-state index is 0.729. The molecule has 0 amide bonds. The van der Waals surface area contributed by atoms with E-state index in [9.17, 15) is 0 Å². The molecule has 0 unspecified atom stereocenters. The van der Waals surface area contributed by atoms with Crippen LogP contribution in [0.3, 0.4) is 0 Å². The first-order valence-electron chi connectivity index (χ1n) is 6.33. The Kier molecular flexibility index (Phi) is 4.64. The van der Waals surface area contributed by atoms with Gasteiger partial charge in [-0.2, -0.15) is 0 Å². The summed E-state index contributed by atoms with van der Waals surface area (Å²) in [4.78, 5) is 0. The van der Waals surface area contributed by atoms with Crippen LogP contribution in [-0.2, 0) is 6.42 Å². The van der Waals surface area contributed by atoms with Gasteiger partial charge in [-0.1, -0.05) is 42.8 Å². The summed E-state index contributed by atoms with van der Waals surface area (Å²) in [6, 6.07) is 16.2. The molecular weight excluding hydrogens is 256 g/mol. The van der Waals surface area contributed by atoms with Crippen molar-refractivity contribution in [1.29, 1.82) is 0 Å². The van der Waals surface area contributed by atoms with Crippen molar-refractivity contribution in [3.8, 4) is 5.75 Å². The van der Waals surface area contributed by atoms with E-state index in [1.54, 1.807) is 7.11 Å². The van der Waals surface area contributed by atoms with Gasteiger partial charge >= 0.3 is 0 Å². The van der Waals surface area contributed by atoms with Gasteiger partial charge in [0.2, 0.25) is 0 Å². The third-order valence-electron chi connectivity index (χ3n) is 3.05. The highest BCUT2D eigenvalue weighted by Crippen LogP contribution is 2.24. The summed E-state index contributed by atoms with van der Waals surface area (Å²) < 4.78 is 5.13. The molecule has 0 aliphatic carbocycles. The molecular formula is C17H17ClO. The fraction of sp³-hybridized carbons (Fsp3) is 0.176. The first-order chi connectivity index (χ1) is 9.22. The molecule has 0 aromatic heterocycles. The van der Waals surface area contributed by atoms with E-state index in [4.69, 9.17) is 16.3 Å². The number of benzene rings is 2. The molecule has 2 heteroatoms. The molecule has 1 nitrogen and oxygen atoms in total. The molecule has 0 heterocycles. The van der Waals surface area contributed by atoms with Gasteiger partial charge in [-0.05, 0) is 53.5 Å². The number of ether oxygens (including phenoxy) is 1. The van der Waals surface area contributed by atoms with Gasteiger partial charge in [-0.3, -0.25) is 0 Å². The molecule has 0 aliphatic rings. The Balaban J connectivity index is 2.20. The second-order valence-electron chi connectivity index (χ2n) is 4.32. The van der Waals surface area contributed by atoms with Crippen molar-refractivity contribution in [3.63, 3.8) is 0 Å². The first kappa shape index (κ1) is 13.7. The first-order valence-corrected chi connectivity index (χ1v) is 6.71. The molecule has 98 valence electrons. The third kappa shape index (κ3) is 3.62. The summed E-state index contributed by atoms with van der Waals surface area (Å²) in [6.07, 6.45) is 3.03. The molecule has 0 bridgehead atoms. The zero-order chi connectivity index (χ0) is 13.7. The fourth-order valence-electron chi connectivity index (χ4n) is 1.83. The van der Waals surface area contributed by atoms with Crippen molar-refractivity contribution in [2.75, 3.05) is 7.11 Å². The summed E-state index contributed by atoms with van der Waals surface area (Å²) in [5.74, 6) is 0.834. The molecule has 0 N–H and O–H groups in total. The lowest BCUT2D eigenvalue weighted by Crippen LogP contribution is -1.83. The van der Waals surface area contributed by atoms with Crippen LogP contribution < -0.4 is 4.74 Å². The summed E-state index contributed by atoms with van der Waals surface area (Å²) in [6.45, 7) is 2.15. The van der Waals surface area contributed by atoms with Crippen LogP contribution in [0.4, 0.5) is 0 Å². The Bertz CT molecular complexity index is 553. The van der Waals surface area contributed by atoms with Gasteiger partial charge in [0.05, 0.1) is 7.11 Å². The van der Waals surface area contributed by atoms with Crippen LogP contribution in [0.25, 0.3) is 11.1 Å². The van der Waals surface area contributed by atoms with Crippen molar-refractivity contribution in [2.24, 2.45) is 0 Å². The molecule has 0 atom stereocenters. The van der Waals surface area contributed by atoms with Gasteiger partial charge in [-0.25, -0.2) is 0 Å². The van der Waals surface area contributed by atoms with E-state index in [0.717, 1.165) is 28.3 Å². The molecule has 2 aromatic carbocycles. The third-order valence-corrected chi connectivity index (χ3v) is 3.37. The predicted octanol–water partition coefficient (Wildman–Crippen LogP) is 4.99. The van der Waals surface area contributed by atoms with Gasteiger partial charge in [0, 0.05) is 5.03 Å². The second-order valence-corrected chi connectivity index (χ2v) is 4.72. The molecule has 0 spiro atoms. The van der Waals surface area contributed by atoms with E-state index in [1.165, 1.54) is 5.56 Å². The molecule has 0 saturated heterocycles. The van der Waals surface area contributed by atoms with Crippen molar-refractivity contribution in [1.82, 2.24) is 0 Å². The topological polar surface area (TPSA) is 9.23 Å². The molecule has 2 rings (SSSR count). The molecule has 2 aromatic rings. The SMILES string of the molecule is CCc1ccc(/C=C(\Cl)c2ccc(OC)cc2)cc1. The largest absolute Gasteiger partial charge is 0.497 e. The van der Waals surface area contributed by atoms with E-state index in [-0.39, 0.29) is 0 Å². The average Bonchev–Trinajstić information content (AvgIpc) is 2.48. The Morgan fingerprint density at radius 2 is 1.68 bits per heavy atom. The monoisotopic (exact) mass is 272 g/mol. The standard InChI is InChI=1S/C17H17ClO/c1-3-13-4-6-14(7-5-13)12-17(18)15-8-10-16(19-2)11-9-15/h4-12H,3H2,1-2H3/b17-12-. The van der Waals surface area contributed by atoms with E-state index < -0.39 is 0 Å². The second kappa shape index (κ2) is 6.44. The van der Waals surface area contributed by atoms with Crippen molar-refractivity contribution < 1.29 is 4.74 Å². The lowest BCUT2D eigenvalue weighted by molar-refractivity contribution is 0.415. The smallest absolute Gasteiger partial charge is 0.118 e. The van der Waals surface area contributed by atoms with E-state index in [1.807, 2.05) is 30.3 Å². The molecule has 0 radical (unpaired) electrons. The summed E-state index contributed by atoms with van der Waals surface area (Å²) >= 11 is 6.33. The zero-order valence-electron chi connectivity index (χ0n) is 11.2. The summed E-state index contributed by atoms with van der Waals surface area (Å²) in [5, 5.41) is 0.729. The van der Waals surface area contributed by atoms with Crippen molar-refractivity contribution in [2.45, 2.75) is 13.3 Å². The van der Waals surface area contributed by atoms with E-state index in [0.29, 0.717) is 0 Å². The number of methoxy groups -OCH3 is 1. The van der Waals surface area contributed by atoms with E-state index >= 15 is 0 Å². The zero-order valence-corrected chi connectivity index (χ0v) is 11.9. The Morgan fingerprint density at radius 3 is 2.21 bits per heavy atom. The van der Waals surface area contributed by atoms with Gasteiger partial charge in [0.1, 0.15) is 5.75 Å². The Morgan fingerprint density at radius 1 is 1.05 bits per heavy atom. The van der Waals surface area contributed by atoms with Crippen LogP contribution >= 0.6 is 11.6 Å². The van der Waals surface area contributed by atoms with Gasteiger partial charge in [-0.15, -0.1) is 0 Å². The van der Waals surface area contributed by atoms with Crippen molar-refractivity contribution in [3.05, 3.63) is 65.2 Å². The quantitative estimate of drug-likeness (QED) is 0.712. The fourth-order valence-corrected chi connectivity index (χ4v) is 2.08. The van der Waals surface area contributed by atoms with Crippen LogP contribution in [0.2, 0.25) is 0 Å². The van der Waals surface area contributed by atoms with Crippen molar-refractivity contribution >= 4 is 22.7 Å². The van der Waals surface area contributed by atoms with Gasteiger partial charge < -0.3 is 4.74 Å². The van der Waals surface area contributed by atoms with E-state index in [2.05, 4.69) is 31.2 Å². The number of hydrogen-bond donors (Lipinski definition) is 0.